The molecule has 0 aliphatic heterocycles. The SMILES string of the molecule is Fc1ccccc1C#CCCS. The third-order valence-corrected chi connectivity index (χ3v) is 1.56. The minimum atomic E-state index is -0.260. The molecule has 1 aromatic rings. The van der Waals surface area contributed by atoms with Crippen molar-refractivity contribution >= 4 is 12.6 Å². The number of halogens is 1. The van der Waals surface area contributed by atoms with Gasteiger partial charge in [0.05, 0.1) is 5.56 Å². The molecule has 0 nitrogen and oxygen atoms in total. The van der Waals surface area contributed by atoms with Gasteiger partial charge >= 0.3 is 0 Å². The van der Waals surface area contributed by atoms with Crippen molar-refractivity contribution in [3.63, 3.8) is 0 Å². The Kier molecular flexibility index (Phi) is 3.69. The second-order valence-electron chi connectivity index (χ2n) is 2.26. The second-order valence-corrected chi connectivity index (χ2v) is 2.70. The van der Waals surface area contributed by atoms with Crippen molar-refractivity contribution in [3.05, 3.63) is 35.6 Å². The molecule has 0 N–H and O–H groups in total. The summed E-state index contributed by atoms with van der Waals surface area (Å²) < 4.78 is 12.9. The molecule has 0 aromatic heterocycles. The third kappa shape index (κ3) is 2.60. The fourth-order valence-corrected chi connectivity index (χ4v) is 0.888. The highest BCUT2D eigenvalue weighted by Crippen LogP contribution is 2.03. The predicted octanol–water partition coefficient (Wildman–Crippen LogP) is 2.50. The van der Waals surface area contributed by atoms with Crippen LogP contribution in [0.1, 0.15) is 12.0 Å². The summed E-state index contributed by atoms with van der Waals surface area (Å²) >= 11 is 4.00. The summed E-state index contributed by atoms with van der Waals surface area (Å²) in [4.78, 5) is 0. The van der Waals surface area contributed by atoms with E-state index in [0.717, 1.165) is 0 Å². The van der Waals surface area contributed by atoms with Crippen LogP contribution in [0.4, 0.5) is 4.39 Å². The molecule has 2 heteroatoms. The van der Waals surface area contributed by atoms with Crippen LogP contribution in [0.15, 0.2) is 24.3 Å². The van der Waals surface area contributed by atoms with E-state index in [1.165, 1.54) is 6.07 Å². The number of rotatable bonds is 1. The van der Waals surface area contributed by atoms with Gasteiger partial charge in [0.1, 0.15) is 5.82 Å². The quantitative estimate of drug-likeness (QED) is 0.498. The van der Waals surface area contributed by atoms with Gasteiger partial charge in [-0.2, -0.15) is 12.6 Å². The van der Waals surface area contributed by atoms with E-state index in [2.05, 4.69) is 24.5 Å². The minimum Gasteiger partial charge on any atom is -0.206 e. The Morgan fingerprint density at radius 3 is 2.75 bits per heavy atom. The first-order chi connectivity index (χ1) is 5.84. The van der Waals surface area contributed by atoms with Gasteiger partial charge in [0.15, 0.2) is 0 Å². The standard InChI is InChI=1S/C10H9FS/c11-10-7-2-1-5-9(10)6-3-4-8-12/h1-2,5,7,12H,4,8H2. The molecule has 1 aromatic carbocycles. The maximum absolute atomic E-state index is 12.9. The number of hydrogen-bond acceptors (Lipinski definition) is 1. The van der Waals surface area contributed by atoms with Gasteiger partial charge in [0.2, 0.25) is 0 Å². The lowest BCUT2D eigenvalue weighted by Gasteiger charge is -1.90. The van der Waals surface area contributed by atoms with Crippen LogP contribution in [-0.2, 0) is 0 Å². The summed E-state index contributed by atoms with van der Waals surface area (Å²) in [5, 5.41) is 0. The first kappa shape index (κ1) is 9.15. The Labute approximate surface area is 77.2 Å². The van der Waals surface area contributed by atoms with Crippen molar-refractivity contribution in [1.29, 1.82) is 0 Å². The molecule has 0 radical (unpaired) electrons. The topological polar surface area (TPSA) is 0 Å². The van der Waals surface area contributed by atoms with Gasteiger partial charge < -0.3 is 0 Å². The highest BCUT2D eigenvalue weighted by molar-refractivity contribution is 7.80. The van der Waals surface area contributed by atoms with Crippen molar-refractivity contribution in [2.75, 3.05) is 5.75 Å². The molecule has 0 aliphatic carbocycles. The van der Waals surface area contributed by atoms with Crippen LogP contribution < -0.4 is 0 Å². The molecule has 0 saturated heterocycles. The Morgan fingerprint density at radius 2 is 2.08 bits per heavy atom. The predicted molar refractivity (Wildman–Crippen MR) is 51.7 cm³/mol. The van der Waals surface area contributed by atoms with E-state index in [1.54, 1.807) is 18.2 Å². The van der Waals surface area contributed by atoms with Crippen LogP contribution in [-0.4, -0.2) is 5.75 Å². The van der Waals surface area contributed by atoms with Gasteiger partial charge in [-0.3, -0.25) is 0 Å². The molecular weight excluding hydrogens is 171 g/mol. The zero-order valence-corrected chi connectivity index (χ0v) is 7.44. The van der Waals surface area contributed by atoms with Crippen LogP contribution in [0.25, 0.3) is 0 Å². The maximum atomic E-state index is 12.9. The van der Waals surface area contributed by atoms with Gasteiger partial charge in [0.25, 0.3) is 0 Å². The van der Waals surface area contributed by atoms with E-state index in [-0.39, 0.29) is 5.82 Å². The van der Waals surface area contributed by atoms with Crippen LogP contribution in [0.5, 0.6) is 0 Å². The Hall–Kier alpha value is -0.940. The van der Waals surface area contributed by atoms with Crippen LogP contribution >= 0.6 is 12.6 Å². The largest absolute Gasteiger partial charge is 0.206 e. The van der Waals surface area contributed by atoms with E-state index < -0.39 is 0 Å². The summed E-state index contributed by atoms with van der Waals surface area (Å²) in [7, 11) is 0. The molecule has 0 heterocycles. The lowest BCUT2D eigenvalue weighted by Crippen LogP contribution is -1.80. The van der Waals surface area contributed by atoms with E-state index >= 15 is 0 Å². The minimum absolute atomic E-state index is 0.260. The van der Waals surface area contributed by atoms with Gasteiger partial charge in [-0.05, 0) is 12.1 Å². The maximum Gasteiger partial charge on any atom is 0.138 e. The molecular formula is C10H9FS. The molecule has 0 spiro atoms. The zero-order chi connectivity index (χ0) is 8.81. The van der Waals surface area contributed by atoms with Gasteiger partial charge in [-0.15, -0.1) is 0 Å². The van der Waals surface area contributed by atoms with Gasteiger partial charge in [-0.1, -0.05) is 24.0 Å². The first-order valence-corrected chi connectivity index (χ1v) is 4.32. The molecule has 0 aliphatic rings. The molecule has 0 unspecified atom stereocenters. The van der Waals surface area contributed by atoms with Crippen LogP contribution in [0.2, 0.25) is 0 Å². The Bertz CT molecular complexity index is 309. The number of hydrogen-bond donors (Lipinski definition) is 1. The van der Waals surface area contributed by atoms with Gasteiger partial charge in [-0.25, -0.2) is 4.39 Å². The average Bonchev–Trinajstić information content (AvgIpc) is 2.09. The Morgan fingerprint density at radius 1 is 1.33 bits per heavy atom. The molecule has 0 amide bonds. The zero-order valence-electron chi connectivity index (χ0n) is 6.55. The molecule has 0 atom stereocenters. The van der Waals surface area contributed by atoms with E-state index in [4.69, 9.17) is 0 Å². The fraction of sp³-hybridized carbons (Fsp3) is 0.200. The van der Waals surface area contributed by atoms with Crippen molar-refractivity contribution in [3.8, 4) is 11.8 Å². The van der Waals surface area contributed by atoms with Crippen molar-refractivity contribution in [2.24, 2.45) is 0 Å². The summed E-state index contributed by atoms with van der Waals surface area (Å²) in [5.74, 6) is 6.02. The first-order valence-electron chi connectivity index (χ1n) is 3.69. The smallest absolute Gasteiger partial charge is 0.138 e. The number of benzene rings is 1. The fourth-order valence-electron chi connectivity index (χ4n) is 0.776. The van der Waals surface area contributed by atoms with Crippen LogP contribution in [0, 0.1) is 17.7 Å². The molecule has 1 rings (SSSR count). The van der Waals surface area contributed by atoms with E-state index in [1.807, 2.05) is 0 Å². The molecule has 0 saturated carbocycles. The third-order valence-electron chi connectivity index (χ3n) is 1.33. The lowest BCUT2D eigenvalue weighted by atomic mass is 10.2. The summed E-state index contributed by atoms with van der Waals surface area (Å²) in [6.45, 7) is 0. The summed E-state index contributed by atoms with van der Waals surface area (Å²) in [6.07, 6.45) is 0.692. The monoisotopic (exact) mass is 180 g/mol. The summed E-state index contributed by atoms with van der Waals surface area (Å²) in [5.41, 5.74) is 0.458. The Balaban J connectivity index is 2.77. The normalized spacial score (nSPS) is 8.83. The average molecular weight is 180 g/mol. The van der Waals surface area contributed by atoms with Crippen molar-refractivity contribution in [2.45, 2.75) is 6.42 Å². The molecule has 0 fully saturated rings. The van der Waals surface area contributed by atoms with Crippen molar-refractivity contribution < 1.29 is 4.39 Å². The van der Waals surface area contributed by atoms with E-state index in [9.17, 15) is 4.39 Å². The molecule has 62 valence electrons. The van der Waals surface area contributed by atoms with Crippen LogP contribution in [0.3, 0.4) is 0 Å². The molecule has 0 bridgehead atoms. The summed E-state index contributed by atoms with van der Waals surface area (Å²) in [6, 6.07) is 6.50. The van der Waals surface area contributed by atoms with Gasteiger partial charge in [0, 0.05) is 12.2 Å². The lowest BCUT2D eigenvalue weighted by molar-refractivity contribution is 0.624. The molecule has 12 heavy (non-hydrogen) atoms. The highest BCUT2D eigenvalue weighted by atomic mass is 32.1. The number of thiol groups is 1. The second kappa shape index (κ2) is 4.84. The van der Waals surface area contributed by atoms with Crippen molar-refractivity contribution in [1.82, 2.24) is 0 Å². The van der Waals surface area contributed by atoms with E-state index in [0.29, 0.717) is 17.7 Å². The highest BCUT2D eigenvalue weighted by Gasteiger charge is 1.93.